The average molecular weight is 425 g/mol. The summed E-state index contributed by atoms with van der Waals surface area (Å²) in [5.74, 6) is 1.25. The predicted octanol–water partition coefficient (Wildman–Crippen LogP) is 4.59. The lowest BCUT2D eigenvalue weighted by Crippen LogP contribution is -2.16. The van der Waals surface area contributed by atoms with Gasteiger partial charge in [0.15, 0.2) is 5.65 Å². The van der Waals surface area contributed by atoms with Crippen LogP contribution in [0.5, 0.6) is 0 Å². The minimum absolute atomic E-state index is 0.461. The first-order valence-electron chi connectivity index (χ1n) is 8.96. The van der Waals surface area contributed by atoms with Crippen molar-refractivity contribution in [3.8, 4) is 17.1 Å². The molecule has 0 saturated heterocycles. The molecule has 1 saturated carbocycles. The zero-order valence-electron chi connectivity index (χ0n) is 14.5. The summed E-state index contributed by atoms with van der Waals surface area (Å²) in [5, 5.41) is 8.92. The van der Waals surface area contributed by atoms with E-state index in [-0.39, 0.29) is 0 Å². The zero-order chi connectivity index (χ0) is 18.2. The van der Waals surface area contributed by atoms with Gasteiger partial charge in [0.1, 0.15) is 10.9 Å². The number of nitrogens with one attached hydrogen (secondary N) is 1. The van der Waals surface area contributed by atoms with Crippen molar-refractivity contribution in [3.63, 3.8) is 0 Å². The Morgan fingerprint density at radius 3 is 2.67 bits per heavy atom. The van der Waals surface area contributed by atoms with Crippen LogP contribution in [0.15, 0.2) is 51.9 Å². The SMILES string of the molecule is Brc1nn(-c2ccc(-c3ncco3)cc2)c2nc(NC3CCCC3)ncc12. The van der Waals surface area contributed by atoms with Crippen LogP contribution in [0.1, 0.15) is 25.7 Å². The highest BCUT2D eigenvalue weighted by molar-refractivity contribution is 9.10. The van der Waals surface area contributed by atoms with E-state index in [1.165, 1.54) is 25.7 Å². The first-order chi connectivity index (χ1) is 13.3. The smallest absolute Gasteiger partial charge is 0.225 e. The zero-order valence-corrected chi connectivity index (χ0v) is 16.1. The number of aromatic nitrogens is 5. The highest BCUT2D eigenvalue weighted by Gasteiger charge is 2.18. The molecule has 0 spiro atoms. The molecule has 5 rings (SSSR count). The van der Waals surface area contributed by atoms with Crippen molar-refractivity contribution in [2.45, 2.75) is 31.7 Å². The van der Waals surface area contributed by atoms with Gasteiger partial charge in [-0.15, -0.1) is 0 Å². The maximum atomic E-state index is 5.35. The van der Waals surface area contributed by atoms with Crippen LogP contribution in [-0.2, 0) is 0 Å². The molecule has 3 aromatic heterocycles. The molecular formula is C19H17BrN6O. The molecule has 3 heterocycles. The largest absolute Gasteiger partial charge is 0.445 e. The van der Waals surface area contributed by atoms with Gasteiger partial charge < -0.3 is 9.73 Å². The van der Waals surface area contributed by atoms with Gasteiger partial charge in [0.2, 0.25) is 11.8 Å². The van der Waals surface area contributed by atoms with Crippen LogP contribution in [0.25, 0.3) is 28.2 Å². The van der Waals surface area contributed by atoms with Gasteiger partial charge >= 0.3 is 0 Å². The van der Waals surface area contributed by atoms with Crippen LogP contribution in [0.3, 0.4) is 0 Å². The summed E-state index contributed by atoms with van der Waals surface area (Å²) in [4.78, 5) is 13.4. The summed E-state index contributed by atoms with van der Waals surface area (Å²) < 4.78 is 7.89. The molecule has 0 bridgehead atoms. The van der Waals surface area contributed by atoms with Crippen LogP contribution < -0.4 is 5.32 Å². The lowest BCUT2D eigenvalue weighted by Gasteiger charge is -2.11. The van der Waals surface area contributed by atoms with Gasteiger partial charge in [-0.3, -0.25) is 0 Å². The Hall–Kier alpha value is -2.74. The summed E-state index contributed by atoms with van der Waals surface area (Å²) in [6, 6.07) is 8.33. The number of hydrogen-bond acceptors (Lipinski definition) is 6. The highest BCUT2D eigenvalue weighted by atomic mass is 79.9. The Morgan fingerprint density at radius 2 is 1.93 bits per heavy atom. The third-order valence-corrected chi connectivity index (χ3v) is 5.44. The van der Waals surface area contributed by atoms with Crippen LogP contribution in [0.4, 0.5) is 5.95 Å². The third kappa shape index (κ3) is 3.10. The molecule has 0 amide bonds. The van der Waals surface area contributed by atoms with Crippen LogP contribution in [-0.4, -0.2) is 30.8 Å². The van der Waals surface area contributed by atoms with Crippen molar-refractivity contribution in [3.05, 3.63) is 47.5 Å². The average Bonchev–Trinajstić information content (AvgIpc) is 3.44. The summed E-state index contributed by atoms with van der Waals surface area (Å²) >= 11 is 3.52. The van der Waals surface area contributed by atoms with Crippen molar-refractivity contribution >= 4 is 32.9 Å². The second kappa shape index (κ2) is 6.77. The van der Waals surface area contributed by atoms with Crippen molar-refractivity contribution in [2.75, 3.05) is 5.32 Å². The Kier molecular flexibility index (Phi) is 4.12. The van der Waals surface area contributed by atoms with Gasteiger partial charge in [0, 0.05) is 17.8 Å². The molecule has 27 heavy (non-hydrogen) atoms. The van der Waals surface area contributed by atoms with Gasteiger partial charge in [0.05, 0.1) is 17.3 Å². The van der Waals surface area contributed by atoms with Crippen molar-refractivity contribution < 1.29 is 4.42 Å². The number of benzene rings is 1. The molecule has 1 aliphatic carbocycles. The Balaban J connectivity index is 1.51. The first kappa shape index (κ1) is 16.4. The molecule has 7 nitrogen and oxygen atoms in total. The lowest BCUT2D eigenvalue weighted by atomic mass is 10.2. The minimum atomic E-state index is 0.461. The van der Waals surface area contributed by atoms with E-state index < -0.39 is 0 Å². The van der Waals surface area contributed by atoms with E-state index in [4.69, 9.17) is 9.40 Å². The number of rotatable bonds is 4. The van der Waals surface area contributed by atoms with Gasteiger partial charge in [-0.05, 0) is 53.0 Å². The maximum absolute atomic E-state index is 5.35. The van der Waals surface area contributed by atoms with E-state index in [0.717, 1.165) is 26.9 Å². The fourth-order valence-corrected chi connectivity index (χ4v) is 3.92. The van der Waals surface area contributed by atoms with Crippen LogP contribution in [0.2, 0.25) is 0 Å². The van der Waals surface area contributed by atoms with Crippen molar-refractivity contribution in [2.24, 2.45) is 0 Å². The third-order valence-electron chi connectivity index (χ3n) is 4.86. The molecule has 0 unspecified atom stereocenters. The molecule has 1 aromatic carbocycles. The summed E-state index contributed by atoms with van der Waals surface area (Å²) in [6.45, 7) is 0. The number of halogens is 1. The number of oxazole rings is 1. The highest BCUT2D eigenvalue weighted by Crippen LogP contribution is 2.27. The van der Waals surface area contributed by atoms with E-state index in [9.17, 15) is 0 Å². The second-order valence-electron chi connectivity index (χ2n) is 6.64. The van der Waals surface area contributed by atoms with Crippen LogP contribution in [0, 0.1) is 0 Å². The number of fused-ring (bicyclic) bond motifs is 1. The van der Waals surface area contributed by atoms with E-state index >= 15 is 0 Å². The number of hydrogen-bond donors (Lipinski definition) is 1. The standard InChI is InChI=1S/C19H17BrN6O/c20-16-15-11-22-19(23-13-3-1-2-4-13)24-17(15)26(25-16)14-7-5-12(6-8-14)18-21-9-10-27-18/h5-11,13H,1-4H2,(H,22,23,24). The van der Waals surface area contributed by atoms with E-state index in [0.29, 0.717) is 17.9 Å². The van der Waals surface area contributed by atoms with E-state index in [2.05, 4.69) is 36.3 Å². The van der Waals surface area contributed by atoms with Gasteiger partial charge in [0.25, 0.3) is 0 Å². The Morgan fingerprint density at radius 1 is 1.11 bits per heavy atom. The fraction of sp³-hybridized carbons (Fsp3) is 0.263. The molecule has 0 aliphatic heterocycles. The molecule has 4 aromatic rings. The molecule has 1 N–H and O–H groups in total. The quantitative estimate of drug-likeness (QED) is 0.515. The van der Waals surface area contributed by atoms with Crippen molar-refractivity contribution in [1.29, 1.82) is 0 Å². The van der Waals surface area contributed by atoms with E-state index in [1.807, 2.05) is 35.1 Å². The lowest BCUT2D eigenvalue weighted by molar-refractivity contribution is 0.574. The molecule has 1 fully saturated rings. The predicted molar refractivity (Wildman–Crippen MR) is 106 cm³/mol. The normalized spacial score (nSPS) is 14.9. The van der Waals surface area contributed by atoms with Crippen molar-refractivity contribution in [1.82, 2.24) is 24.7 Å². The summed E-state index contributed by atoms with van der Waals surface area (Å²) in [5.41, 5.74) is 2.59. The molecule has 136 valence electrons. The minimum Gasteiger partial charge on any atom is -0.445 e. The summed E-state index contributed by atoms with van der Waals surface area (Å²) in [7, 11) is 0. The molecule has 0 radical (unpaired) electrons. The fourth-order valence-electron chi connectivity index (χ4n) is 3.48. The topological polar surface area (TPSA) is 81.7 Å². The number of anilines is 1. The molecule has 0 atom stereocenters. The van der Waals surface area contributed by atoms with Gasteiger partial charge in [-0.25, -0.2) is 14.6 Å². The number of nitrogens with zero attached hydrogens (tertiary/aromatic N) is 5. The maximum Gasteiger partial charge on any atom is 0.225 e. The van der Waals surface area contributed by atoms with Gasteiger partial charge in [-0.1, -0.05) is 12.8 Å². The second-order valence-corrected chi connectivity index (χ2v) is 7.39. The van der Waals surface area contributed by atoms with E-state index in [1.54, 1.807) is 12.5 Å². The monoisotopic (exact) mass is 424 g/mol. The molecular weight excluding hydrogens is 408 g/mol. The molecule has 1 aliphatic rings. The van der Waals surface area contributed by atoms with Gasteiger partial charge in [-0.2, -0.15) is 10.1 Å². The van der Waals surface area contributed by atoms with Crippen LogP contribution >= 0.6 is 15.9 Å². The Bertz CT molecular complexity index is 1070. The first-order valence-corrected chi connectivity index (χ1v) is 9.75. The Labute approximate surface area is 164 Å². The molecule has 8 heteroatoms. The summed E-state index contributed by atoms with van der Waals surface area (Å²) in [6.07, 6.45) is 9.89.